The minimum Gasteiger partial charge on any atom is -0.489 e. The van der Waals surface area contributed by atoms with Crippen LogP contribution in [-0.4, -0.2) is 17.5 Å². The Morgan fingerprint density at radius 1 is 0.963 bits per heavy atom. The summed E-state index contributed by atoms with van der Waals surface area (Å²) in [5.74, 6) is -0.615. The predicted molar refractivity (Wildman–Crippen MR) is 96.6 cm³/mol. The fraction of sp³-hybridized carbons (Fsp3) is 0.143. The minimum atomic E-state index is -0.682. The summed E-state index contributed by atoms with van der Waals surface area (Å²) in [4.78, 5) is 8.29. The SMILES string of the molecule is Fc1cccc(F)c1C1=NC(c2ccc(COc3ccncc3)cc2)CO1. The highest BCUT2D eigenvalue weighted by atomic mass is 19.1. The van der Waals surface area contributed by atoms with Gasteiger partial charge in [-0.3, -0.25) is 4.98 Å². The highest BCUT2D eigenvalue weighted by Crippen LogP contribution is 2.27. The van der Waals surface area contributed by atoms with E-state index in [9.17, 15) is 8.78 Å². The summed E-state index contributed by atoms with van der Waals surface area (Å²) in [5.41, 5.74) is 1.69. The fourth-order valence-electron chi connectivity index (χ4n) is 2.82. The number of hydrogen-bond donors (Lipinski definition) is 0. The fourth-order valence-corrected chi connectivity index (χ4v) is 2.82. The molecule has 4 nitrogen and oxygen atoms in total. The van der Waals surface area contributed by atoms with Crippen LogP contribution in [0.3, 0.4) is 0 Å². The van der Waals surface area contributed by atoms with Crippen molar-refractivity contribution in [3.05, 3.63) is 95.3 Å². The average molecular weight is 366 g/mol. The number of pyridine rings is 1. The van der Waals surface area contributed by atoms with E-state index in [1.54, 1.807) is 24.5 Å². The molecule has 1 atom stereocenters. The molecule has 0 saturated heterocycles. The van der Waals surface area contributed by atoms with Crippen LogP contribution in [0.5, 0.6) is 5.75 Å². The predicted octanol–water partition coefficient (Wildman–Crippen LogP) is 4.46. The smallest absolute Gasteiger partial charge is 0.222 e. The van der Waals surface area contributed by atoms with E-state index >= 15 is 0 Å². The first kappa shape index (κ1) is 17.1. The van der Waals surface area contributed by atoms with Crippen LogP contribution in [0.1, 0.15) is 22.7 Å². The summed E-state index contributed by atoms with van der Waals surface area (Å²) in [7, 11) is 0. The molecule has 1 unspecified atom stereocenters. The number of aromatic nitrogens is 1. The third-order valence-electron chi connectivity index (χ3n) is 4.25. The van der Waals surface area contributed by atoms with Gasteiger partial charge in [0.05, 0.1) is 0 Å². The molecule has 0 spiro atoms. The van der Waals surface area contributed by atoms with Crippen molar-refractivity contribution in [2.75, 3.05) is 6.61 Å². The average Bonchev–Trinajstić information content (AvgIpc) is 3.17. The van der Waals surface area contributed by atoms with Crippen LogP contribution in [0.25, 0.3) is 0 Å². The molecule has 2 aromatic carbocycles. The van der Waals surface area contributed by atoms with Gasteiger partial charge in [-0.05, 0) is 35.4 Å². The molecule has 0 saturated carbocycles. The summed E-state index contributed by atoms with van der Waals surface area (Å²) in [6.45, 7) is 0.677. The lowest BCUT2D eigenvalue weighted by Crippen LogP contribution is -2.07. The van der Waals surface area contributed by atoms with Crippen LogP contribution in [0.4, 0.5) is 8.78 Å². The van der Waals surface area contributed by atoms with Crippen molar-refractivity contribution in [3.63, 3.8) is 0 Å². The Balaban J connectivity index is 1.46. The monoisotopic (exact) mass is 366 g/mol. The summed E-state index contributed by atoms with van der Waals surface area (Å²) in [6, 6.07) is 14.7. The lowest BCUT2D eigenvalue weighted by molar-refractivity contribution is 0.305. The minimum absolute atomic E-state index is 0.000645. The van der Waals surface area contributed by atoms with Gasteiger partial charge in [-0.2, -0.15) is 0 Å². The normalized spacial score (nSPS) is 15.9. The van der Waals surface area contributed by atoms with E-state index in [1.807, 2.05) is 24.3 Å². The first-order valence-electron chi connectivity index (χ1n) is 8.47. The number of ether oxygens (including phenoxy) is 2. The standard InChI is InChI=1S/C21H16F2N2O2/c22-17-2-1-3-18(23)20(17)21-25-19(13-27-21)15-6-4-14(5-7-15)12-26-16-8-10-24-11-9-16/h1-11,19H,12-13H2. The van der Waals surface area contributed by atoms with E-state index in [-0.39, 0.29) is 24.1 Å². The van der Waals surface area contributed by atoms with Gasteiger partial charge in [0.1, 0.15) is 42.2 Å². The molecule has 0 N–H and O–H groups in total. The molecular formula is C21H16F2N2O2. The molecule has 0 fully saturated rings. The van der Waals surface area contributed by atoms with Crippen molar-refractivity contribution < 1.29 is 18.3 Å². The number of hydrogen-bond acceptors (Lipinski definition) is 4. The van der Waals surface area contributed by atoms with Gasteiger partial charge in [-0.15, -0.1) is 0 Å². The molecule has 6 heteroatoms. The highest BCUT2D eigenvalue weighted by molar-refractivity contribution is 5.95. The quantitative estimate of drug-likeness (QED) is 0.670. The summed E-state index contributed by atoms with van der Waals surface area (Å²) in [6.07, 6.45) is 3.35. The van der Waals surface area contributed by atoms with E-state index in [2.05, 4.69) is 9.98 Å². The Morgan fingerprint density at radius 2 is 1.67 bits per heavy atom. The maximum atomic E-state index is 13.9. The van der Waals surface area contributed by atoms with Gasteiger partial charge < -0.3 is 9.47 Å². The number of benzene rings is 2. The first-order valence-corrected chi connectivity index (χ1v) is 8.47. The Morgan fingerprint density at radius 3 is 2.37 bits per heavy atom. The zero-order valence-electron chi connectivity index (χ0n) is 14.3. The molecule has 1 aromatic heterocycles. The number of rotatable bonds is 5. The summed E-state index contributed by atoms with van der Waals surface area (Å²) >= 11 is 0. The van der Waals surface area contributed by atoms with Crippen molar-refractivity contribution in [1.82, 2.24) is 4.98 Å². The molecule has 3 aromatic rings. The van der Waals surface area contributed by atoms with E-state index in [0.717, 1.165) is 16.9 Å². The Bertz CT molecular complexity index is 939. The van der Waals surface area contributed by atoms with Crippen LogP contribution in [0, 0.1) is 11.6 Å². The summed E-state index contributed by atoms with van der Waals surface area (Å²) < 4.78 is 38.9. The topological polar surface area (TPSA) is 43.7 Å². The molecule has 0 radical (unpaired) electrons. The molecule has 0 bridgehead atoms. The lowest BCUT2D eigenvalue weighted by atomic mass is 10.1. The van der Waals surface area contributed by atoms with Crippen LogP contribution in [0.15, 0.2) is 72.0 Å². The zero-order valence-corrected chi connectivity index (χ0v) is 14.3. The first-order chi connectivity index (χ1) is 13.2. The van der Waals surface area contributed by atoms with E-state index in [4.69, 9.17) is 9.47 Å². The number of nitrogens with zero attached hydrogens (tertiary/aromatic N) is 2. The highest BCUT2D eigenvalue weighted by Gasteiger charge is 2.26. The molecule has 136 valence electrons. The van der Waals surface area contributed by atoms with Crippen molar-refractivity contribution in [2.24, 2.45) is 4.99 Å². The van der Waals surface area contributed by atoms with Gasteiger partial charge in [0.2, 0.25) is 5.90 Å². The van der Waals surface area contributed by atoms with Crippen molar-refractivity contribution in [3.8, 4) is 5.75 Å². The summed E-state index contributed by atoms with van der Waals surface area (Å²) in [5, 5.41) is 0. The van der Waals surface area contributed by atoms with Crippen molar-refractivity contribution in [1.29, 1.82) is 0 Å². The third kappa shape index (κ3) is 3.79. The maximum Gasteiger partial charge on any atom is 0.222 e. The molecule has 1 aliphatic rings. The lowest BCUT2D eigenvalue weighted by Gasteiger charge is -2.08. The maximum absolute atomic E-state index is 13.9. The van der Waals surface area contributed by atoms with Crippen LogP contribution < -0.4 is 4.74 Å². The van der Waals surface area contributed by atoms with E-state index in [0.29, 0.717) is 6.61 Å². The second kappa shape index (κ2) is 7.53. The third-order valence-corrected chi connectivity index (χ3v) is 4.25. The molecule has 0 amide bonds. The van der Waals surface area contributed by atoms with Crippen molar-refractivity contribution in [2.45, 2.75) is 12.6 Å². The van der Waals surface area contributed by atoms with Crippen molar-refractivity contribution >= 4 is 5.90 Å². The van der Waals surface area contributed by atoms with Gasteiger partial charge >= 0.3 is 0 Å². The Kier molecular flexibility index (Phi) is 4.78. The van der Waals surface area contributed by atoms with Crippen LogP contribution in [0.2, 0.25) is 0 Å². The van der Waals surface area contributed by atoms with Gasteiger partial charge in [0, 0.05) is 12.4 Å². The van der Waals surface area contributed by atoms with E-state index < -0.39 is 11.6 Å². The number of halogens is 2. The van der Waals surface area contributed by atoms with Gasteiger partial charge in [0.15, 0.2) is 0 Å². The molecule has 1 aliphatic heterocycles. The second-order valence-electron chi connectivity index (χ2n) is 6.07. The van der Waals surface area contributed by atoms with Crippen LogP contribution in [-0.2, 0) is 11.3 Å². The van der Waals surface area contributed by atoms with Gasteiger partial charge in [-0.25, -0.2) is 13.8 Å². The van der Waals surface area contributed by atoms with Crippen LogP contribution >= 0.6 is 0 Å². The molecule has 0 aliphatic carbocycles. The zero-order chi connectivity index (χ0) is 18.6. The number of aliphatic imine (C=N–C) groups is 1. The van der Waals surface area contributed by atoms with Gasteiger partial charge in [-0.1, -0.05) is 30.3 Å². The van der Waals surface area contributed by atoms with E-state index in [1.165, 1.54) is 18.2 Å². The Hall–Kier alpha value is -3.28. The molecule has 27 heavy (non-hydrogen) atoms. The van der Waals surface area contributed by atoms with Gasteiger partial charge in [0.25, 0.3) is 0 Å². The molecule has 4 rings (SSSR count). The Labute approximate surface area is 155 Å². The molecule has 2 heterocycles. The second-order valence-corrected chi connectivity index (χ2v) is 6.07. The largest absolute Gasteiger partial charge is 0.489 e. The molecular weight excluding hydrogens is 350 g/mol.